The van der Waals surface area contributed by atoms with E-state index >= 15 is 0 Å². The van der Waals surface area contributed by atoms with Crippen molar-refractivity contribution in [3.05, 3.63) is 90.2 Å². The molecule has 63 heavy (non-hydrogen) atoms. The number of nitrogens with one attached hydrogen (secondary N) is 3. The maximum Gasteiger partial charge on any atom is 0.411 e. The van der Waals surface area contributed by atoms with E-state index in [1.54, 1.807) is 6.20 Å². The van der Waals surface area contributed by atoms with Gasteiger partial charge in [0.05, 0.1) is 54.2 Å². The number of H-pyrrole nitrogens is 2. The number of rotatable bonds is 8. The molecule has 1 saturated carbocycles. The summed E-state index contributed by atoms with van der Waals surface area (Å²) in [5.41, 5.74) is 5.84. The first-order valence-electron chi connectivity index (χ1n) is 22.0. The molecule has 0 bridgehead atoms. The van der Waals surface area contributed by atoms with Crippen LogP contribution in [-0.2, 0) is 14.3 Å². The topological polar surface area (TPSA) is 173 Å². The highest BCUT2D eigenvalue weighted by Crippen LogP contribution is 2.58. The Morgan fingerprint density at radius 1 is 0.937 bits per heavy atom. The van der Waals surface area contributed by atoms with E-state index in [4.69, 9.17) is 28.6 Å². The smallest absolute Gasteiger partial charge is 0.411 e. The SMILES string of the molecule is COC(=O)N[C@H](C(=O)N1CCC[C@H]1c1ncc(-c2ccc3c(c2)OC(c2ccc(C)o2)n2c-3cc3cc(-c4cnc([C@@H]5C[C@@H]6C([C@@H]6C)N5C(=O)OC(C)(C)C)[nH]4)ccc32)[nH]1)C(C)C. The maximum atomic E-state index is 13.8. The number of aromatic amines is 2. The van der Waals surface area contributed by atoms with Gasteiger partial charge < -0.3 is 38.8 Å². The lowest BCUT2D eigenvalue weighted by Crippen LogP contribution is -2.51. The van der Waals surface area contributed by atoms with Gasteiger partial charge in [0.15, 0.2) is 5.76 Å². The number of nitrogens with zero attached hydrogens (tertiary/aromatic N) is 5. The van der Waals surface area contributed by atoms with Crippen molar-refractivity contribution in [1.82, 2.24) is 39.6 Å². The summed E-state index contributed by atoms with van der Waals surface area (Å²) >= 11 is 0. The number of amides is 3. The van der Waals surface area contributed by atoms with E-state index < -0.39 is 24.0 Å². The molecular formula is C48H54N8O7. The molecule has 1 aliphatic carbocycles. The summed E-state index contributed by atoms with van der Waals surface area (Å²) in [5.74, 6) is 4.23. The molecule has 10 rings (SSSR count). The van der Waals surface area contributed by atoms with Crippen LogP contribution in [0.15, 0.2) is 71.4 Å². The van der Waals surface area contributed by atoms with E-state index in [2.05, 4.69) is 63.2 Å². The lowest BCUT2D eigenvalue weighted by molar-refractivity contribution is -0.135. The second-order valence-corrected chi connectivity index (χ2v) is 18.9. The van der Waals surface area contributed by atoms with Crippen molar-refractivity contribution in [1.29, 1.82) is 0 Å². The molecule has 3 amide bonds. The van der Waals surface area contributed by atoms with E-state index in [1.807, 2.05) is 75.7 Å². The van der Waals surface area contributed by atoms with Crippen molar-refractivity contribution in [2.75, 3.05) is 13.7 Å². The molecule has 7 atom stereocenters. The number of carbonyl (C=O) groups excluding carboxylic acids is 3. The van der Waals surface area contributed by atoms with Gasteiger partial charge in [0.25, 0.3) is 0 Å². The number of hydrogen-bond acceptors (Lipinski definition) is 9. The fourth-order valence-corrected chi connectivity index (χ4v) is 10.0. The summed E-state index contributed by atoms with van der Waals surface area (Å²) in [6.07, 6.45) is 4.59. The standard InChI is InChI=1S/C48H54N8O7/c1-24(2)40(53-46(58)60-8)44(57)54-17-9-10-35(54)42-49-23-33(51-42)28-12-14-30-36-19-29-18-27(13-15-34(29)55(36)45(62-39(30)20-28)38-16-11-25(3)61-38)32-22-50-43(52-32)37-21-31-26(4)41(31)56(37)47(59)63-48(5,6)7/h11-16,18-20,22-24,26,31,35,37,40-41,45H,9-10,17,21H2,1-8H3,(H,49,51)(H,50,52)(H,53,58)/t26-,31+,35+,37+,40+,41?,45?/m1/s1. The van der Waals surface area contributed by atoms with Crippen LogP contribution in [0.4, 0.5) is 9.59 Å². The van der Waals surface area contributed by atoms with Crippen molar-refractivity contribution < 1.29 is 33.0 Å². The summed E-state index contributed by atoms with van der Waals surface area (Å²) in [6, 6.07) is 17.6. The van der Waals surface area contributed by atoms with Gasteiger partial charge in [-0.05, 0) is 107 Å². The number of alkyl carbamates (subject to hydrolysis) is 1. The molecular weight excluding hydrogens is 801 g/mol. The number of aromatic nitrogens is 5. The minimum Gasteiger partial charge on any atom is -0.462 e. The van der Waals surface area contributed by atoms with Crippen LogP contribution < -0.4 is 10.1 Å². The monoisotopic (exact) mass is 854 g/mol. The molecule has 6 aromatic rings. The Morgan fingerprint density at radius 2 is 1.65 bits per heavy atom. The normalized spacial score (nSPS) is 23.0. The van der Waals surface area contributed by atoms with Crippen molar-refractivity contribution >= 4 is 29.0 Å². The Bertz CT molecular complexity index is 2750. The van der Waals surface area contributed by atoms with Crippen molar-refractivity contribution in [3.8, 4) is 39.5 Å². The Morgan fingerprint density at radius 3 is 2.33 bits per heavy atom. The third-order valence-corrected chi connectivity index (χ3v) is 13.2. The second-order valence-electron chi connectivity index (χ2n) is 18.9. The Hall–Kier alpha value is -6.51. The van der Waals surface area contributed by atoms with Crippen LogP contribution in [-0.4, -0.2) is 83.7 Å². The molecule has 328 valence electrons. The first-order chi connectivity index (χ1) is 30.2. The second kappa shape index (κ2) is 15.1. The molecule has 4 aliphatic rings. The number of piperidine rings is 1. The summed E-state index contributed by atoms with van der Waals surface area (Å²) in [4.78, 5) is 59.7. The summed E-state index contributed by atoms with van der Waals surface area (Å²) in [6.45, 7) is 14.2. The molecule has 4 aromatic heterocycles. The first-order valence-corrected chi connectivity index (χ1v) is 22.0. The van der Waals surface area contributed by atoms with E-state index in [0.29, 0.717) is 35.7 Å². The molecule has 2 aromatic carbocycles. The van der Waals surface area contributed by atoms with Gasteiger partial charge in [-0.15, -0.1) is 0 Å². The highest BCUT2D eigenvalue weighted by atomic mass is 16.6. The zero-order valence-corrected chi connectivity index (χ0v) is 36.9. The number of furan rings is 1. The number of fused-ring (bicyclic) bond motifs is 6. The lowest BCUT2D eigenvalue weighted by Gasteiger charge is -2.30. The number of methoxy groups -OCH3 is 1. The van der Waals surface area contributed by atoms with Crippen molar-refractivity contribution in [3.63, 3.8) is 0 Å². The fourth-order valence-electron chi connectivity index (χ4n) is 10.0. The number of carbonyl (C=O) groups is 3. The van der Waals surface area contributed by atoms with Crippen LogP contribution in [0.2, 0.25) is 0 Å². The fraction of sp³-hybridized carbons (Fsp3) is 0.438. The van der Waals surface area contributed by atoms with Gasteiger partial charge in [-0.3, -0.25) is 14.3 Å². The molecule has 2 saturated heterocycles. The Kier molecular flexibility index (Phi) is 9.71. The van der Waals surface area contributed by atoms with Crippen molar-refractivity contribution in [2.24, 2.45) is 17.8 Å². The van der Waals surface area contributed by atoms with E-state index in [9.17, 15) is 14.4 Å². The van der Waals surface area contributed by atoms with Gasteiger partial charge in [-0.1, -0.05) is 32.9 Å². The first kappa shape index (κ1) is 40.6. The number of benzene rings is 2. The predicted octanol–water partition coefficient (Wildman–Crippen LogP) is 9.29. The third-order valence-electron chi connectivity index (χ3n) is 13.2. The Balaban J connectivity index is 0.947. The molecule has 15 heteroatoms. The summed E-state index contributed by atoms with van der Waals surface area (Å²) in [7, 11) is 1.29. The van der Waals surface area contributed by atoms with Crippen LogP contribution in [0.5, 0.6) is 5.75 Å². The van der Waals surface area contributed by atoms with Gasteiger partial charge in [-0.2, -0.15) is 0 Å². The minimum atomic E-state index is -0.716. The zero-order valence-electron chi connectivity index (χ0n) is 36.9. The molecule has 0 spiro atoms. The lowest BCUT2D eigenvalue weighted by atomic mass is 10.0. The summed E-state index contributed by atoms with van der Waals surface area (Å²) < 4.78 is 25.9. The van der Waals surface area contributed by atoms with Gasteiger partial charge in [-0.25, -0.2) is 19.6 Å². The van der Waals surface area contributed by atoms with E-state index in [0.717, 1.165) is 75.5 Å². The highest BCUT2D eigenvalue weighted by Gasteiger charge is 2.61. The number of aryl methyl sites for hydroxylation is 1. The maximum absolute atomic E-state index is 13.8. The molecule has 15 nitrogen and oxygen atoms in total. The quantitative estimate of drug-likeness (QED) is 0.135. The number of imidazole rings is 2. The van der Waals surface area contributed by atoms with Crippen LogP contribution >= 0.6 is 0 Å². The van der Waals surface area contributed by atoms with E-state index in [1.165, 1.54) is 7.11 Å². The van der Waals surface area contributed by atoms with Gasteiger partial charge in [0.1, 0.15) is 34.8 Å². The van der Waals surface area contributed by atoms with E-state index in [-0.39, 0.29) is 36.0 Å². The molecule has 3 N–H and O–H groups in total. The largest absolute Gasteiger partial charge is 0.462 e. The van der Waals surface area contributed by atoms with Crippen LogP contribution in [0.3, 0.4) is 0 Å². The van der Waals surface area contributed by atoms with Crippen LogP contribution in [0, 0.1) is 24.7 Å². The zero-order chi connectivity index (χ0) is 44.1. The molecule has 7 heterocycles. The third kappa shape index (κ3) is 7.10. The summed E-state index contributed by atoms with van der Waals surface area (Å²) in [5, 5.41) is 3.74. The average Bonchev–Trinajstić information content (AvgIpc) is 4.04. The van der Waals surface area contributed by atoms with Gasteiger partial charge in [0.2, 0.25) is 12.1 Å². The molecule has 2 unspecified atom stereocenters. The number of ether oxygens (including phenoxy) is 3. The van der Waals surface area contributed by atoms with Crippen LogP contribution in [0.25, 0.3) is 44.7 Å². The highest BCUT2D eigenvalue weighted by molar-refractivity contribution is 5.92. The molecule has 3 fully saturated rings. The number of likely N-dealkylation sites (tertiary alicyclic amines) is 2. The van der Waals surface area contributed by atoms with Crippen molar-refractivity contribution in [2.45, 2.75) is 104 Å². The van der Waals surface area contributed by atoms with Crippen LogP contribution in [0.1, 0.15) is 102 Å². The molecule has 3 aliphatic heterocycles. The number of hydrogen-bond donors (Lipinski definition) is 3. The average molecular weight is 855 g/mol. The van der Waals surface area contributed by atoms with Gasteiger partial charge >= 0.3 is 12.2 Å². The van der Waals surface area contributed by atoms with Gasteiger partial charge in [0, 0.05) is 34.7 Å². The predicted molar refractivity (Wildman–Crippen MR) is 234 cm³/mol. The molecule has 0 radical (unpaired) electrons. The Labute approximate surface area is 365 Å². The minimum absolute atomic E-state index is 0.129.